The van der Waals surface area contributed by atoms with Crippen molar-refractivity contribution in [2.45, 2.75) is 58.3 Å². The summed E-state index contributed by atoms with van der Waals surface area (Å²) in [6, 6.07) is 17.2. The number of para-hydroxylation sites is 1. The van der Waals surface area contributed by atoms with Gasteiger partial charge in [-0.05, 0) is 69.9 Å². The van der Waals surface area contributed by atoms with E-state index in [4.69, 9.17) is 9.47 Å². The molecule has 0 saturated carbocycles. The minimum absolute atomic E-state index is 0.00813. The molecule has 1 heterocycles. The monoisotopic (exact) mass is 424 g/mol. The van der Waals surface area contributed by atoms with Gasteiger partial charge in [-0.2, -0.15) is 0 Å². The molecule has 6 heteroatoms. The summed E-state index contributed by atoms with van der Waals surface area (Å²) >= 11 is 0. The zero-order chi connectivity index (χ0) is 22.3. The van der Waals surface area contributed by atoms with Gasteiger partial charge in [0.2, 0.25) is 0 Å². The summed E-state index contributed by atoms with van der Waals surface area (Å²) in [6.07, 6.45) is 2.43. The first kappa shape index (κ1) is 22.7. The second kappa shape index (κ2) is 10.3. The number of amides is 2. The molecule has 0 spiro atoms. The van der Waals surface area contributed by atoms with Gasteiger partial charge in [0, 0.05) is 24.7 Å². The fourth-order valence-electron chi connectivity index (χ4n) is 3.59. The maximum absolute atomic E-state index is 13.1. The molecule has 2 aromatic carbocycles. The Labute approximate surface area is 184 Å². The Hall–Kier alpha value is -3.02. The maximum Gasteiger partial charge on any atom is 0.407 e. The third-order valence-electron chi connectivity index (χ3n) is 5.12. The van der Waals surface area contributed by atoms with Crippen molar-refractivity contribution in [2.24, 2.45) is 0 Å². The lowest BCUT2D eigenvalue weighted by molar-refractivity contribution is 0.0462. The fourth-order valence-corrected chi connectivity index (χ4v) is 3.59. The Balaban J connectivity index is 1.57. The summed E-state index contributed by atoms with van der Waals surface area (Å²) in [5.74, 6) is 0.808. The van der Waals surface area contributed by atoms with Crippen LogP contribution in [-0.2, 0) is 11.3 Å². The summed E-state index contributed by atoms with van der Waals surface area (Å²) in [6.45, 7) is 7.03. The number of piperidine rings is 1. The van der Waals surface area contributed by atoms with Crippen LogP contribution in [0.25, 0.3) is 0 Å². The van der Waals surface area contributed by atoms with Gasteiger partial charge < -0.3 is 19.7 Å². The molecule has 2 aromatic rings. The summed E-state index contributed by atoms with van der Waals surface area (Å²) in [4.78, 5) is 27.0. The molecule has 1 saturated heterocycles. The van der Waals surface area contributed by atoms with Crippen molar-refractivity contribution in [3.05, 3.63) is 65.7 Å². The highest BCUT2D eigenvalue weighted by molar-refractivity contribution is 5.94. The molecule has 0 bridgehead atoms. The van der Waals surface area contributed by atoms with Crippen molar-refractivity contribution >= 4 is 12.0 Å². The number of nitrogens with zero attached hydrogens (tertiary/aromatic N) is 1. The number of hydrogen-bond acceptors (Lipinski definition) is 4. The van der Waals surface area contributed by atoms with Gasteiger partial charge in [0.25, 0.3) is 5.91 Å². The number of nitrogens with one attached hydrogen (secondary N) is 1. The first-order valence-corrected chi connectivity index (χ1v) is 10.9. The molecule has 166 valence electrons. The van der Waals surface area contributed by atoms with Crippen molar-refractivity contribution in [3.63, 3.8) is 0 Å². The molecule has 31 heavy (non-hydrogen) atoms. The van der Waals surface area contributed by atoms with Crippen LogP contribution in [0.4, 0.5) is 4.79 Å². The molecular weight excluding hydrogens is 392 g/mol. The summed E-state index contributed by atoms with van der Waals surface area (Å²) in [5.41, 5.74) is 1.10. The molecule has 1 unspecified atom stereocenters. The summed E-state index contributed by atoms with van der Waals surface area (Å²) in [7, 11) is 0. The van der Waals surface area contributed by atoms with Gasteiger partial charge in [-0.25, -0.2) is 4.79 Å². The smallest absolute Gasteiger partial charge is 0.407 e. The lowest BCUT2D eigenvalue weighted by Crippen LogP contribution is -2.50. The predicted octanol–water partition coefficient (Wildman–Crippen LogP) is 4.79. The van der Waals surface area contributed by atoms with Crippen LogP contribution in [0.1, 0.15) is 56.0 Å². The third-order valence-corrected chi connectivity index (χ3v) is 5.12. The van der Waals surface area contributed by atoms with Gasteiger partial charge in [-0.15, -0.1) is 0 Å². The predicted molar refractivity (Wildman–Crippen MR) is 120 cm³/mol. The molecule has 1 aliphatic heterocycles. The van der Waals surface area contributed by atoms with E-state index in [9.17, 15) is 9.59 Å². The van der Waals surface area contributed by atoms with E-state index in [0.717, 1.165) is 30.6 Å². The van der Waals surface area contributed by atoms with E-state index >= 15 is 0 Å². The molecule has 6 nitrogen and oxygen atoms in total. The van der Waals surface area contributed by atoms with Crippen LogP contribution in [0.3, 0.4) is 0 Å². The van der Waals surface area contributed by atoms with E-state index in [-0.39, 0.29) is 11.9 Å². The number of benzene rings is 2. The van der Waals surface area contributed by atoms with Crippen LogP contribution in [0.2, 0.25) is 0 Å². The van der Waals surface area contributed by atoms with E-state index in [0.29, 0.717) is 25.3 Å². The quantitative estimate of drug-likeness (QED) is 0.724. The number of likely N-dealkylation sites (tertiary alicyclic amines) is 1. The number of alkyl carbamates (subject to hydrolysis) is 1. The van der Waals surface area contributed by atoms with Crippen molar-refractivity contribution in [1.29, 1.82) is 0 Å². The van der Waals surface area contributed by atoms with Gasteiger partial charge in [0.15, 0.2) is 0 Å². The highest BCUT2D eigenvalue weighted by atomic mass is 16.6. The Kier molecular flexibility index (Phi) is 7.55. The van der Waals surface area contributed by atoms with Gasteiger partial charge in [0.1, 0.15) is 18.0 Å². The van der Waals surface area contributed by atoms with E-state index in [1.807, 2.05) is 80.3 Å². The molecule has 0 aliphatic carbocycles. The van der Waals surface area contributed by atoms with E-state index in [1.165, 1.54) is 0 Å². The van der Waals surface area contributed by atoms with Crippen LogP contribution in [0.5, 0.6) is 5.75 Å². The molecule has 1 N–H and O–H groups in total. The standard InChI is InChI=1S/C25H32N2O4/c1-25(2,3)31-24(29)26-17-21-9-7-8-16-27(21)23(28)20-14-12-19(13-15-20)18-30-22-10-5-4-6-11-22/h4-6,10-15,21H,7-9,16-18H2,1-3H3,(H,26,29). The number of carbonyl (C=O) groups excluding carboxylic acids is 2. The minimum atomic E-state index is -0.544. The zero-order valence-corrected chi connectivity index (χ0v) is 18.6. The van der Waals surface area contributed by atoms with Gasteiger partial charge >= 0.3 is 6.09 Å². The Morgan fingerprint density at radius 2 is 1.74 bits per heavy atom. The molecule has 1 aliphatic rings. The largest absolute Gasteiger partial charge is 0.489 e. The Bertz CT molecular complexity index is 859. The highest BCUT2D eigenvalue weighted by Crippen LogP contribution is 2.20. The first-order chi connectivity index (χ1) is 14.8. The summed E-state index contributed by atoms with van der Waals surface area (Å²) < 4.78 is 11.1. The SMILES string of the molecule is CC(C)(C)OC(=O)NCC1CCCCN1C(=O)c1ccc(COc2ccccc2)cc1. The maximum atomic E-state index is 13.1. The average molecular weight is 425 g/mol. The van der Waals surface area contributed by atoms with Gasteiger partial charge in [0.05, 0.1) is 0 Å². The molecule has 2 amide bonds. The lowest BCUT2D eigenvalue weighted by Gasteiger charge is -2.36. The normalized spacial score (nSPS) is 16.5. The number of ether oxygens (including phenoxy) is 2. The molecule has 1 fully saturated rings. The molecule has 3 rings (SSSR count). The highest BCUT2D eigenvalue weighted by Gasteiger charge is 2.28. The lowest BCUT2D eigenvalue weighted by atomic mass is 10.0. The van der Waals surface area contributed by atoms with Crippen LogP contribution in [-0.4, -0.2) is 41.6 Å². The second-order valence-electron chi connectivity index (χ2n) is 8.83. The van der Waals surface area contributed by atoms with E-state index in [2.05, 4.69) is 5.32 Å². The van der Waals surface area contributed by atoms with Crippen LogP contribution in [0.15, 0.2) is 54.6 Å². The van der Waals surface area contributed by atoms with Gasteiger partial charge in [-0.3, -0.25) is 4.79 Å². The van der Waals surface area contributed by atoms with Crippen molar-refractivity contribution < 1.29 is 19.1 Å². The van der Waals surface area contributed by atoms with Crippen LogP contribution in [0, 0.1) is 0 Å². The third kappa shape index (κ3) is 7.02. The molecule has 1 atom stereocenters. The molecular formula is C25H32N2O4. The van der Waals surface area contributed by atoms with Crippen molar-refractivity contribution in [3.8, 4) is 5.75 Å². The number of hydrogen-bond donors (Lipinski definition) is 1. The average Bonchev–Trinajstić information content (AvgIpc) is 2.76. The minimum Gasteiger partial charge on any atom is -0.489 e. The van der Waals surface area contributed by atoms with E-state index < -0.39 is 11.7 Å². The topological polar surface area (TPSA) is 67.9 Å². The van der Waals surface area contributed by atoms with Crippen LogP contribution >= 0.6 is 0 Å². The van der Waals surface area contributed by atoms with Gasteiger partial charge in [-0.1, -0.05) is 30.3 Å². The Morgan fingerprint density at radius 1 is 1.03 bits per heavy atom. The molecule has 0 radical (unpaired) electrons. The second-order valence-corrected chi connectivity index (χ2v) is 8.83. The van der Waals surface area contributed by atoms with Crippen molar-refractivity contribution in [1.82, 2.24) is 10.2 Å². The Morgan fingerprint density at radius 3 is 2.42 bits per heavy atom. The first-order valence-electron chi connectivity index (χ1n) is 10.9. The zero-order valence-electron chi connectivity index (χ0n) is 18.6. The van der Waals surface area contributed by atoms with E-state index in [1.54, 1.807) is 0 Å². The molecule has 0 aromatic heterocycles. The number of rotatable bonds is 6. The summed E-state index contributed by atoms with van der Waals surface area (Å²) in [5, 5.41) is 2.82. The van der Waals surface area contributed by atoms with Crippen molar-refractivity contribution in [2.75, 3.05) is 13.1 Å². The number of carbonyl (C=O) groups is 2. The van der Waals surface area contributed by atoms with Crippen LogP contribution < -0.4 is 10.1 Å². The fraction of sp³-hybridized carbons (Fsp3) is 0.440.